The second kappa shape index (κ2) is 21.3. The molecule has 0 atom stereocenters. The van der Waals surface area contributed by atoms with E-state index in [0.29, 0.717) is 23.4 Å². The molecule has 4 amide bonds. The Morgan fingerprint density at radius 1 is 0.394 bits per heavy atom. The van der Waals surface area contributed by atoms with Crippen molar-refractivity contribution in [2.24, 2.45) is 11.5 Å². The number of nitrogens with zero attached hydrogens (tertiary/aromatic N) is 2. The minimum absolute atomic E-state index is 0. The number of urea groups is 2. The summed E-state index contributed by atoms with van der Waals surface area (Å²) in [6, 6.07) is 61.2. The van der Waals surface area contributed by atoms with Crippen molar-refractivity contribution < 1.29 is 19.2 Å². The predicted molar refractivity (Wildman–Crippen MR) is 291 cm³/mol. The first kappa shape index (κ1) is 48.2. The average Bonchev–Trinajstić information content (AvgIpc) is 3.74. The van der Waals surface area contributed by atoms with Gasteiger partial charge in [0.15, 0.2) is 11.6 Å². The van der Waals surface area contributed by atoms with E-state index in [-0.39, 0.29) is 25.4 Å². The Morgan fingerprint density at radius 2 is 0.775 bits per heavy atom. The molecule has 10 nitrogen and oxygen atoms in total. The topological polar surface area (TPSA) is 151 Å². The molecule has 4 heterocycles. The average molecular weight is 935 g/mol. The van der Waals surface area contributed by atoms with Gasteiger partial charge in [0.05, 0.1) is 22.7 Å². The highest BCUT2D eigenvalue weighted by Gasteiger charge is 2.28. The molecular weight excluding hydrogens is 881 g/mol. The fourth-order valence-electron chi connectivity index (χ4n) is 9.09. The van der Waals surface area contributed by atoms with Crippen LogP contribution >= 0.6 is 0 Å². The number of fused-ring (bicyclic) bond motifs is 8. The molecule has 8 aromatic carbocycles. The van der Waals surface area contributed by atoms with Crippen LogP contribution in [0.25, 0.3) is 23.3 Å². The van der Waals surface area contributed by atoms with Gasteiger partial charge in [0.1, 0.15) is 0 Å². The third-order valence-electron chi connectivity index (χ3n) is 12.4. The van der Waals surface area contributed by atoms with E-state index in [1.165, 1.54) is 33.0 Å². The molecule has 8 aromatic rings. The van der Waals surface area contributed by atoms with Crippen molar-refractivity contribution in [3.63, 3.8) is 0 Å². The van der Waals surface area contributed by atoms with Gasteiger partial charge in [-0.25, -0.2) is 9.59 Å². The van der Waals surface area contributed by atoms with Crippen LogP contribution in [0.1, 0.15) is 75.4 Å². The summed E-state index contributed by atoms with van der Waals surface area (Å²) in [5.41, 5.74) is 28.3. The second-order valence-corrected chi connectivity index (χ2v) is 17.0. The lowest BCUT2D eigenvalue weighted by atomic mass is 10.0. The van der Waals surface area contributed by atoms with E-state index >= 15 is 0 Å². The lowest BCUT2D eigenvalue weighted by molar-refractivity contribution is 0.0986. The Hall–Kier alpha value is -9.28. The Balaban J connectivity index is 0.000000127. The molecule has 0 fully saturated rings. The summed E-state index contributed by atoms with van der Waals surface area (Å²) in [7, 11) is 0. The van der Waals surface area contributed by atoms with Gasteiger partial charge in [-0.05, 0) is 120 Å². The third kappa shape index (κ3) is 10.3. The number of primary amides is 2. The smallest absolute Gasteiger partial charge is 0.323 e. The highest BCUT2D eigenvalue weighted by atomic mass is 16.2. The van der Waals surface area contributed by atoms with E-state index in [0.717, 1.165) is 56.1 Å². The quantitative estimate of drug-likeness (QED) is 0.119. The lowest BCUT2D eigenvalue weighted by Crippen LogP contribution is -2.32. The highest BCUT2D eigenvalue weighted by Crippen LogP contribution is 2.40. The van der Waals surface area contributed by atoms with Crippen LogP contribution in [0, 0.1) is 0 Å². The fourth-order valence-corrected chi connectivity index (χ4v) is 9.09. The van der Waals surface area contributed by atoms with Crippen LogP contribution in [0.5, 0.6) is 0 Å². The Kier molecular flexibility index (Phi) is 14.5. The number of para-hydroxylation sites is 8. The molecule has 71 heavy (non-hydrogen) atoms. The van der Waals surface area contributed by atoms with Crippen molar-refractivity contribution in [3.05, 3.63) is 239 Å². The van der Waals surface area contributed by atoms with E-state index in [4.69, 9.17) is 11.5 Å². The zero-order chi connectivity index (χ0) is 48.7. The molecule has 4 aliphatic rings. The van der Waals surface area contributed by atoms with Gasteiger partial charge in [-0.2, -0.15) is 0 Å². The summed E-state index contributed by atoms with van der Waals surface area (Å²) in [6.07, 6.45) is 5.06. The van der Waals surface area contributed by atoms with Crippen molar-refractivity contribution in [1.82, 2.24) is 0 Å². The molecule has 0 bridgehead atoms. The molecule has 12 rings (SSSR count). The van der Waals surface area contributed by atoms with E-state index in [1.807, 2.05) is 122 Å². The fraction of sp³-hybridized carbons (Fsp3) is 0.0820. The number of ketones is 2. The number of anilines is 8. The molecule has 0 saturated carbocycles. The predicted octanol–water partition coefficient (Wildman–Crippen LogP) is 14.5. The SMILES string of the molecule is C.CC1=Cc2ccccc2N(C(N)=O)c2ccccc21.CC1=Cc2ccccc2Nc2ccccc21.NC(=O)N1c2ccccc2CC(=O)c2ccccc21.O=C1Cc2ccccc2Nc2ccccc21. The van der Waals surface area contributed by atoms with E-state index in [2.05, 4.69) is 78.2 Å². The van der Waals surface area contributed by atoms with Gasteiger partial charge in [0.25, 0.3) is 0 Å². The second-order valence-electron chi connectivity index (χ2n) is 17.0. The minimum atomic E-state index is -0.588. The van der Waals surface area contributed by atoms with E-state index in [9.17, 15) is 19.2 Å². The van der Waals surface area contributed by atoms with Gasteiger partial charge < -0.3 is 22.1 Å². The van der Waals surface area contributed by atoms with Gasteiger partial charge in [-0.3, -0.25) is 19.4 Å². The first-order valence-corrected chi connectivity index (χ1v) is 22.9. The van der Waals surface area contributed by atoms with Crippen molar-refractivity contribution in [3.8, 4) is 0 Å². The van der Waals surface area contributed by atoms with Crippen LogP contribution in [-0.2, 0) is 12.8 Å². The molecule has 0 aromatic heterocycles. The maximum Gasteiger partial charge on any atom is 0.323 e. The van der Waals surface area contributed by atoms with Gasteiger partial charge >= 0.3 is 12.1 Å². The number of benzene rings is 8. The van der Waals surface area contributed by atoms with Gasteiger partial charge in [-0.15, -0.1) is 0 Å². The molecule has 0 spiro atoms. The summed E-state index contributed by atoms with van der Waals surface area (Å²) >= 11 is 0. The van der Waals surface area contributed by atoms with Crippen molar-refractivity contribution in [2.45, 2.75) is 34.1 Å². The maximum atomic E-state index is 12.3. The molecular formula is C61H54N6O4. The number of hydrogen-bond acceptors (Lipinski definition) is 6. The highest BCUT2D eigenvalue weighted by molar-refractivity contribution is 6.12. The van der Waals surface area contributed by atoms with Crippen molar-refractivity contribution >= 4 is 92.4 Å². The Labute approximate surface area is 414 Å². The van der Waals surface area contributed by atoms with Gasteiger partial charge in [0, 0.05) is 57.8 Å². The molecule has 10 heteroatoms. The standard InChI is InChI=1S/C16H14N2O.C15H12N2O2.C15H13N.C14H11NO.CH4/c1-11-10-12-6-2-4-8-14(12)18(16(17)19)15-9-5-3-7-13(11)15;16-15(19)17-12-7-3-1-5-10(12)9-14(18)11-6-2-4-8-13(11)17;1-11-10-12-6-2-4-8-14(12)16-15-9-5-3-7-13(11)15;16-14-9-10-5-1-3-7-12(10)15-13-8-4-2-6-11(13)14;/h2-10H,1H3,(H2,17,19);1-8H,9H2,(H2,16,19);2-10,16H,1H3;1-8,15H,9H2;1H4. The largest absolute Gasteiger partial charge is 0.355 e. The summed E-state index contributed by atoms with van der Waals surface area (Å²) in [5.74, 6) is 0.167. The number of allylic oxidation sites excluding steroid dienone is 2. The van der Waals surface area contributed by atoms with Gasteiger partial charge in [-0.1, -0.05) is 141 Å². The molecule has 0 radical (unpaired) electrons. The number of hydrogen-bond donors (Lipinski definition) is 4. The van der Waals surface area contributed by atoms with Crippen LogP contribution < -0.4 is 31.9 Å². The monoisotopic (exact) mass is 934 g/mol. The number of nitrogens with one attached hydrogen (secondary N) is 2. The number of Topliss-reactive ketones (excluding diaryl/α,β-unsaturated/α-hetero) is 2. The third-order valence-corrected chi connectivity index (χ3v) is 12.4. The summed E-state index contributed by atoms with van der Waals surface area (Å²) < 4.78 is 0. The van der Waals surface area contributed by atoms with Crippen LogP contribution in [0.3, 0.4) is 0 Å². The molecule has 6 N–H and O–H groups in total. The van der Waals surface area contributed by atoms with Crippen LogP contribution in [0.2, 0.25) is 0 Å². The van der Waals surface area contributed by atoms with Gasteiger partial charge in [0.2, 0.25) is 0 Å². The van der Waals surface area contributed by atoms with Crippen LogP contribution in [0.15, 0.2) is 194 Å². The van der Waals surface area contributed by atoms with Crippen LogP contribution in [0.4, 0.5) is 55.1 Å². The Morgan fingerprint density at radius 3 is 1.44 bits per heavy atom. The minimum Gasteiger partial charge on any atom is -0.355 e. The number of carbonyl (C=O) groups is 4. The molecule has 0 aliphatic carbocycles. The number of rotatable bonds is 0. The first-order valence-electron chi connectivity index (χ1n) is 22.9. The van der Waals surface area contributed by atoms with E-state index in [1.54, 1.807) is 35.2 Å². The molecule has 0 saturated heterocycles. The normalized spacial score (nSPS) is 13.0. The summed E-state index contributed by atoms with van der Waals surface area (Å²) in [4.78, 5) is 50.9. The summed E-state index contributed by atoms with van der Waals surface area (Å²) in [6.45, 7) is 4.20. The number of carbonyl (C=O) groups excluding carboxylic acids is 4. The van der Waals surface area contributed by atoms with Crippen molar-refractivity contribution in [1.29, 1.82) is 0 Å². The number of amides is 4. The maximum absolute atomic E-state index is 12.3. The molecule has 352 valence electrons. The molecule has 0 unspecified atom stereocenters. The van der Waals surface area contributed by atoms with Crippen LogP contribution in [-0.4, -0.2) is 23.6 Å². The Bertz CT molecular complexity index is 3380. The zero-order valence-electron chi connectivity index (χ0n) is 38.7. The number of nitrogens with two attached hydrogens (primary N) is 2. The van der Waals surface area contributed by atoms with E-state index < -0.39 is 12.1 Å². The zero-order valence-corrected chi connectivity index (χ0v) is 38.7. The van der Waals surface area contributed by atoms with Crippen molar-refractivity contribution in [2.75, 3.05) is 20.4 Å². The first-order chi connectivity index (χ1) is 34.0. The summed E-state index contributed by atoms with van der Waals surface area (Å²) in [5, 5.41) is 6.79. The molecule has 4 aliphatic heterocycles. The lowest BCUT2D eigenvalue weighted by Gasteiger charge is -2.22.